The Hall–Kier alpha value is -2.33. The first kappa shape index (κ1) is 19.4. The fourth-order valence-corrected chi connectivity index (χ4v) is 4.30. The van der Waals surface area contributed by atoms with Gasteiger partial charge < -0.3 is 5.11 Å². The Labute approximate surface area is 157 Å². The van der Waals surface area contributed by atoms with Crippen molar-refractivity contribution in [1.82, 2.24) is 4.90 Å². The normalized spacial score (nSPS) is 15.9. The first-order chi connectivity index (χ1) is 12.8. The highest BCUT2D eigenvalue weighted by Crippen LogP contribution is 2.27. The van der Waals surface area contributed by atoms with E-state index < -0.39 is 21.1 Å². The molecule has 0 bridgehead atoms. The van der Waals surface area contributed by atoms with E-state index in [9.17, 15) is 23.6 Å². The van der Waals surface area contributed by atoms with Crippen LogP contribution < -0.4 is 5.14 Å². The lowest BCUT2D eigenvalue weighted by atomic mass is 9.99. The van der Waals surface area contributed by atoms with Gasteiger partial charge in [-0.2, -0.15) is 0 Å². The first-order valence-corrected chi connectivity index (χ1v) is 10.1. The average molecular weight is 391 g/mol. The Morgan fingerprint density at radius 1 is 1.19 bits per heavy atom. The molecule has 8 nitrogen and oxygen atoms in total. The molecule has 27 heavy (non-hydrogen) atoms. The van der Waals surface area contributed by atoms with Gasteiger partial charge in [-0.1, -0.05) is 30.3 Å². The van der Waals surface area contributed by atoms with Crippen LogP contribution in [0.1, 0.15) is 16.7 Å². The predicted molar refractivity (Wildman–Crippen MR) is 99.6 cm³/mol. The second-order valence-electron chi connectivity index (χ2n) is 6.67. The summed E-state index contributed by atoms with van der Waals surface area (Å²) in [6, 6.07) is 11.8. The average Bonchev–Trinajstić information content (AvgIpc) is 2.60. The van der Waals surface area contributed by atoms with Gasteiger partial charge >= 0.3 is 0 Å². The summed E-state index contributed by atoms with van der Waals surface area (Å²) in [5.74, 6) is 0. The predicted octanol–water partition coefficient (Wildman–Crippen LogP) is 1.20. The molecule has 3 N–H and O–H groups in total. The number of rotatable bonds is 6. The van der Waals surface area contributed by atoms with Crippen LogP contribution in [0, 0.1) is 10.1 Å². The second kappa shape index (κ2) is 7.73. The minimum Gasteiger partial charge on any atom is -0.391 e. The molecule has 0 saturated carbocycles. The molecular formula is C18H21N3O5S. The molecule has 2 aromatic carbocycles. The Balaban J connectivity index is 1.78. The van der Waals surface area contributed by atoms with Gasteiger partial charge in [-0.15, -0.1) is 0 Å². The van der Waals surface area contributed by atoms with Gasteiger partial charge in [-0.3, -0.25) is 15.0 Å². The van der Waals surface area contributed by atoms with E-state index in [1.807, 2.05) is 18.2 Å². The third-order valence-corrected chi connectivity index (χ3v) is 5.73. The van der Waals surface area contributed by atoms with E-state index in [2.05, 4.69) is 11.0 Å². The summed E-state index contributed by atoms with van der Waals surface area (Å²) in [6.07, 6.45) is -0.269. The zero-order valence-corrected chi connectivity index (χ0v) is 15.4. The summed E-state index contributed by atoms with van der Waals surface area (Å²) in [4.78, 5) is 12.4. The fraction of sp³-hybridized carbons (Fsp3) is 0.333. The number of nitrogens with zero attached hydrogens (tertiary/aromatic N) is 2. The van der Waals surface area contributed by atoms with E-state index in [0.29, 0.717) is 6.54 Å². The van der Waals surface area contributed by atoms with Gasteiger partial charge in [-0.05, 0) is 23.6 Å². The molecule has 0 saturated heterocycles. The van der Waals surface area contributed by atoms with Crippen molar-refractivity contribution in [2.45, 2.75) is 30.4 Å². The van der Waals surface area contributed by atoms with Crippen LogP contribution in [0.5, 0.6) is 0 Å². The highest BCUT2D eigenvalue weighted by atomic mass is 32.2. The number of sulfonamides is 1. The quantitative estimate of drug-likeness (QED) is 0.563. The third-order valence-electron chi connectivity index (χ3n) is 4.73. The van der Waals surface area contributed by atoms with Gasteiger partial charge in [0.15, 0.2) is 0 Å². The Morgan fingerprint density at radius 2 is 1.89 bits per heavy atom. The molecule has 1 unspecified atom stereocenters. The summed E-state index contributed by atoms with van der Waals surface area (Å²) in [6.45, 7) is 1.71. The number of nitro benzene ring substituents is 1. The van der Waals surface area contributed by atoms with Crippen molar-refractivity contribution in [2.24, 2.45) is 5.14 Å². The molecule has 0 aliphatic carbocycles. The standard InChI is InChI=1S/C18H21N3O5S/c19-27(25,26)18-7-3-6-17(21(23)24)16(18)10-15(22)12-20-9-8-13-4-1-2-5-14(13)11-20/h1-7,15,22H,8-12H2,(H2,19,25,26). The van der Waals surface area contributed by atoms with Gasteiger partial charge in [0, 0.05) is 32.1 Å². The lowest BCUT2D eigenvalue weighted by molar-refractivity contribution is -0.385. The van der Waals surface area contributed by atoms with Gasteiger partial charge in [0.1, 0.15) is 0 Å². The zero-order chi connectivity index (χ0) is 19.6. The number of aliphatic hydroxyl groups excluding tert-OH is 1. The minimum absolute atomic E-state index is 0.0603. The molecule has 0 aromatic heterocycles. The van der Waals surface area contributed by atoms with Gasteiger partial charge in [0.05, 0.1) is 21.5 Å². The molecule has 0 radical (unpaired) electrons. The monoisotopic (exact) mass is 391 g/mol. The van der Waals surface area contributed by atoms with Crippen LogP contribution in [-0.2, 0) is 29.4 Å². The van der Waals surface area contributed by atoms with Gasteiger partial charge in [0.25, 0.3) is 5.69 Å². The highest BCUT2D eigenvalue weighted by Gasteiger charge is 2.26. The molecule has 3 rings (SSSR count). The van der Waals surface area contributed by atoms with Crippen molar-refractivity contribution in [3.05, 3.63) is 69.3 Å². The van der Waals surface area contributed by atoms with Gasteiger partial charge in [-0.25, -0.2) is 13.6 Å². The van der Waals surface area contributed by atoms with Crippen LogP contribution in [0.25, 0.3) is 0 Å². The molecule has 0 spiro atoms. The number of fused-ring (bicyclic) bond motifs is 1. The van der Waals surface area contributed by atoms with Crippen LogP contribution in [0.3, 0.4) is 0 Å². The van der Waals surface area contributed by atoms with E-state index in [-0.39, 0.29) is 29.1 Å². The van der Waals surface area contributed by atoms with Crippen molar-refractivity contribution in [2.75, 3.05) is 13.1 Å². The van der Waals surface area contributed by atoms with Crippen LogP contribution in [0.2, 0.25) is 0 Å². The van der Waals surface area contributed by atoms with Gasteiger partial charge in [0.2, 0.25) is 10.0 Å². The zero-order valence-electron chi connectivity index (χ0n) is 14.6. The molecule has 144 valence electrons. The summed E-state index contributed by atoms with van der Waals surface area (Å²) in [5, 5.41) is 27.0. The minimum atomic E-state index is -4.14. The highest BCUT2D eigenvalue weighted by molar-refractivity contribution is 7.89. The summed E-state index contributed by atoms with van der Waals surface area (Å²) >= 11 is 0. The van der Waals surface area contributed by atoms with E-state index in [1.54, 1.807) is 0 Å². The lowest BCUT2D eigenvalue weighted by Gasteiger charge is -2.30. The van der Waals surface area contributed by atoms with Crippen LogP contribution in [0.4, 0.5) is 5.69 Å². The SMILES string of the molecule is NS(=O)(=O)c1cccc([N+](=O)[O-])c1CC(O)CN1CCc2ccccc2C1. The Bertz CT molecular complexity index is 961. The van der Waals surface area contributed by atoms with Crippen molar-refractivity contribution in [3.63, 3.8) is 0 Å². The van der Waals surface area contributed by atoms with Crippen LogP contribution in [0.15, 0.2) is 47.4 Å². The number of hydrogen-bond donors (Lipinski definition) is 2. The fourth-order valence-electron chi connectivity index (χ4n) is 3.51. The second-order valence-corrected chi connectivity index (χ2v) is 8.20. The van der Waals surface area contributed by atoms with Crippen molar-refractivity contribution in [1.29, 1.82) is 0 Å². The molecular weight excluding hydrogens is 370 g/mol. The van der Waals surface area contributed by atoms with E-state index in [0.717, 1.165) is 13.0 Å². The van der Waals surface area contributed by atoms with Crippen molar-refractivity contribution >= 4 is 15.7 Å². The van der Waals surface area contributed by atoms with E-state index in [1.165, 1.54) is 29.3 Å². The Kier molecular flexibility index (Phi) is 5.56. The Morgan fingerprint density at radius 3 is 2.56 bits per heavy atom. The summed E-state index contributed by atoms with van der Waals surface area (Å²) < 4.78 is 23.6. The molecule has 1 heterocycles. The smallest absolute Gasteiger partial charge is 0.274 e. The molecule has 1 atom stereocenters. The molecule has 1 aliphatic heterocycles. The molecule has 9 heteroatoms. The number of β-amino-alcohol motifs (C(OH)–C–C–N with tert-alkyl or cyclic N) is 1. The summed E-state index contributed by atoms with van der Waals surface area (Å²) in [7, 11) is -4.14. The third kappa shape index (κ3) is 4.51. The van der Waals surface area contributed by atoms with E-state index in [4.69, 9.17) is 5.14 Å². The van der Waals surface area contributed by atoms with Crippen LogP contribution >= 0.6 is 0 Å². The molecule has 2 aromatic rings. The first-order valence-electron chi connectivity index (χ1n) is 8.52. The number of nitro groups is 1. The van der Waals surface area contributed by atoms with E-state index >= 15 is 0 Å². The maximum atomic E-state index is 11.8. The number of aliphatic hydroxyl groups is 1. The topological polar surface area (TPSA) is 127 Å². The maximum Gasteiger partial charge on any atom is 0.274 e. The molecule has 0 amide bonds. The number of primary sulfonamides is 1. The largest absolute Gasteiger partial charge is 0.391 e. The summed E-state index contributed by atoms with van der Waals surface area (Å²) in [5.41, 5.74) is 2.05. The molecule has 1 aliphatic rings. The van der Waals surface area contributed by atoms with Crippen LogP contribution in [-0.4, -0.2) is 42.5 Å². The number of nitrogens with two attached hydrogens (primary N) is 1. The number of hydrogen-bond acceptors (Lipinski definition) is 6. The molecule has 0 fully saturated rings. The van der Waals surface area contributed by atoms with Crippen molar-refractivity contribution < 1.29 is 18.4 Å². The number of benzene rings is 2. The lowest BCUT2D eigenvalue weighted by Crippen LogP contribution is -2.37. The maximum absolute atomic E-state index is 11.8. The van der Waals surface area contributed by atoms with Crippen molar-refractivity contribution in [3.8, 4) is 0 Å².